The lowest BCUT2D eigenvalue weighted by molar-refractivity contribution is 0.0652. The minimum absolute atomic E-state index is 0.160. The maximum atomic E-state index is 10.8. The molecule has 0 saturated carbocycles. The SMILES string of the molecule is CC1(C)Cc2cc(-c3cc(C(=O)O)on3)ccc2O1. The second-order valence-electron chi connectivity index (χ2n) is 5.24. The van der Waals surface area contributed by atoms with E-state index in [0.717, 1.165) is 23.3 Å². The van der Waals surface area contributed by atoms with E-state index in [1.54, 1.807) is 0 Å². The number of ether oxygens (including phenoxy) is 1. The van der Waals surface area contributed by atoms with Gasteiger partial charge in [0.1, 0.15) is 17.0 Å². The van der Waals surface area contributed by atoms with E-state index >= 15 is 0 Å². The molecule has 5 nitrogen and oxygen atoms in total. The van der Waals surface area contributed by atoms with Crippen molar-refractivity contribution in [2.45, 2.75) is 25.9 Å². The Bertz CT molecular complexity index is 657. The Kier molecular flexibility index (Phi) is 2.38. The summed E-state index contributed by atoms with van der Waals surface area (Å²) in [7, 11) is 0. The van der Waals surface area contributed by atoms with Crippen LogP contribution in [0.2, 0.25) is 0 Å². The van der Waals surface area contributed by atoms with Gasteiger partial charge in [0.15, 0.2) is 0 Å². The van der Waals surface area contributed by atoms with Gasteiger partial charge in [0.05, 0.1) is 0 Å². The van der Waals surface area contributed by atoms with Crippen molar-refractivity contribution >= 4 is 5.97 Å². The maximum Gasteiger partial charge on any atom is 0.374 e. The number of carbonyl (C=O) groups is 1. The van der Waals surface area contributed by atoms with Crippen molar-refractivity contribution in [2.24, 2.45) is 0 Å². The van der Waals surface area contributed by atoms with E-state index in [9.17, 15) is 4.79 Å². The van der Waals surface area contributed by atoms with Gasteiger partial charge in [-0.15, -0.1) is 0 Å². The van der Waals surface area contributed by atoms with Crippen LogP contribution in [0.3, 0.4) is 0 Å². The molecule has 5 heteroatoms. The standard InChI is InChI=1S/C14H13NO4/c1-14(2)7-9-5-8(3-4-11(9)18-14)10-6-12(13(16)17)19-15-10/h3-6H,7H2,1-2H3,(H,16,17). The number of hydrogen-bond acceptors (Lipinski definition) is 4. The molecule has 0 unspecified atom stereocenters. The van der Waals surface area contributed by atoms with Gasteiger partial charge in [-0.2, -0.15) is 0 Å². The minimum atomic E-state index is -1.12. The molecule has 98 valence electrons. The fourth-order valence-electron chi connectivity index (χ4n) is 2.28. The molecule has 1 aliphatic heterocycles. The summed E-state index contributed by atoms with van der Waals surface area (Å²) >= 11 is 0. The summed E-state index contributed by atoms with van der Waals surface area (Å²) in [5, 5.41) is 12.6. The summed E-state index contributed by atoms with van der Waals surface area (Å²) in [5.74, 6) is -0.410. The molecular weight excluding hydrogens is 246 g/mol. The van der Waals surface area contributed by atoms with Crippen molar-refractivity contribution in [1.82, 2.24) is 5.16 Å². The molecule has 0 bridgehead atoms. The summed E-state index contributed by atoms with van der Waals surface area (Å²) < 4.78 is 10.6. The first-order valence-electron chi connectivity index (χ1n) is 5.97. The number of nitrogens with zero attached hydrogens (tertiary/aromatic N) is 1. The number of fused-ring (bicyclic) bond motifs is 1. The fraction of sp³-hybridized carbons (Fsp3) is 0.286. The van der Waals surface area contributed by atoms with E-state index in [1.165, 1.54) is 6.07 Å². The summed E-state index contributed by atoms with van der Waals surface area (Å²) in [6, 6.07) is 7.12. The van der Waals surface area contributed by atoms with E-state index in [1.807, 2.05) is 32.0 Å². The smallest absolute Gasteiger partial charge is 0.374 e. The first-order chi connectivity index (χ1) is 8.94. The van der Waals surface area contributed by atoms with Crippen molar-refractivity contribution < 1.29 is 19.2 Å². The van der Waals surface area contributed by atoms with Gasteiger partial charge in [-0.25, -0.2) is 4.79 Å². The summed E-state index contributed by atoms with van der Waals surface area (Å²) in [6.45, 7) is 4.07. The Balaban J connectivity index is 1.97. The second kappa shape index (κ2) is 3.85. The van der Waals surface area contributed by atoms with Crippen LogP contribution in [0.25, 0.3) is 11.3 Å². The third-order valence-electron chi connectivity index (χ3n) is 3.08. The molecule has 2 aromatic rings. The molecule has 0 atom stereocenters. The summed E-state index contributed by atoms with van der Waals surface area (Å²) in [6.07, 6.45) is 0.819. The zero-order valence-corrected chi connectivity index (χ0v) is 10.6. The largest absolute Gasteiger partial charge is 0.487 e. The molecule has 3 rings (SSSR count). The van der Waals surface area contributed by atoms with Crippen LogP contribution < -0.4 is 4.74 Å². The van der Waals surface area contributed by atoms with E-state index < -0.39 is 5.97 Å². The van der Waals surface area contributed by atoms with Crippen LogP contribution in [0.15, 0.2) is 28.8 Å². The van der Waals surface area contributed by atoms with E-state index in [-0.39, 0.29) is 11.4 Å². The third kappa shape index (κ3) is 2.07. The number of carboxylic acid groups (broad SMARTS) is 1. The summed E-state index contributed by atoms with van der Waals surface area (Å²) in [4.78, 5) is 10.8. The average molecular weight is 259 g/mol. The topological polar surface area (TPSA) is 72.6 Å². The van der Waals surface area contributed by atoms with Crippen molar-refractivity contribution in [3.63, 3.8) is 0 Å². The molecular formula is C14H13NO4. The van der Waals surface area contributed by atoms with Crippen molar-refractivity contribution in [1.29, 1.82) is 0 Å². The molecule has 0 fully saturated rings. The highest BCUT2D eigenvalue weighted by Crippen LogP contribution is 2.37. The molecule has 2 heterocycles. The van der Waals surface area contributed by atoms with Gasteiger partial charge >= 0.3 is 5.97 Å². The van der Waals surface area contributed by atoms with Crippen LogP contribution in [-0.4, -0.2) is 21.8 Å². The van der Waals surface area contributed by atoms with Gasteiger partial charge in [-0.1, -0.05) is 5.16 Å². The Morgan fingerprint density at radius 1 is 1.37 bits per heavy atom. The van der Waals surface area contributed by atoms with Gasteiger partial charge in [0.25, 0.3) is 0 Å². The van der Waals surface area contributed by atoms with Crippen LogP contribution >= 0.6 is 0 Å². The molecule has 0 spiro atoms. The van der Waals surface area contributed by atoms with Gasteiger partial charge in [-0.3, -0.25) is 0 Å². The number of carboxylic acids is 1. The minimum Gasteiger partial charge on any atom is -0.487 e. The Morgan fingerprint density at radius 3 is 2.84 bits per heavy atom. The van der Waals surface area contributed by atoms with E-state index in [0.29, 0.717) is 5.69 Å². The molecule has 1 N–H and O–H groups in total. The molecule has 0 saturated heterocycles. The van der Waals surface area contributed by atoms with Gasteiger partial charge in [-0.05, 0) is 37.6 Å². The zero-order chi connectivity index (χ0) is 13.6. The molecule has 1 aliphatic rings. The quantitative estimate of drug-likeness (QED) is 0.897. The normalized spacial score (nSPS) is 15.9. The van der Waals surface area contributed by atoms with Crippen LogP contribution in [0, 0.1) is 0 Å². The Labute approximate surface area is 109 Å². The monoisotopic (exact) mass is 259 g/mol. The van der Waals surface area contributed by atoms with E-state index in [4.69, 9.17) is 14.4 Å². The van der Waals surface area contributed by atoms with Crippen LogP contribution in [-0.2, 0) is 6.42 Å². The lowest BCUT2D eigenvalue weighted by atomic mass is 9.99. The molecule has 1 aromatic carbocycles. The highest BCUT2D eigenvalue weighted by molar-refractivity contribution is 5.85. The average Bonchev–Trinajstić information content (AvgIpc) is 2.89. The highest BCUT2D eigenvalue weighted by atomic mass is 16.5. The zero-order valence-electron chi connectivity index (χ0n) is 10.6. The first-order valence-corrected chi connectivity index (χ1v) is 5.97. The lowest BCUT2D eigenvalue weighted by Crippen LogP contribution is -2.24. The van der Waals surface area contributed by atoms with Crippen molar-refractivity contribution in [3.05, 3.63) is 35.6 Å². The van der Waals surface area contributed by atoms with Gasteiger partial charge < -0.3 is 14.4 Å². The van der Waals surface area contributed by atoms with Crippen LogP contribution in [0.5, 0.6) is 5.75 Å². The highest BCUT2D eigenvalue weighted by Gasteiger charge is 2.30. The molecule has 19 heavy (non-hydrogen) atoms. The van der Waals surface area contributed by atoms with E-state index in [2.05, 4.69) is 5.16 Å². The number of hydrogen-bond donors (Lipinski definition) is 1. The first kappa shape index (κ1) is 11.8. The predicted octanol–water partition coefficient (Wildman–Crippen LogP) is 2.75. The fourth-order valence-corrected chi connectivity index (χ4v) is 2.28. The molecule has 0 radical (unpaired) electrons. The van der Waals surface area contributed by atoms with Crippen LogP contribution in [0.4, 0.5) is 0 Å². The molecule has 0 amide bonds. The second-order valence-corrected chi connectivity index (χ2v) is 5.24. The number of rotatable bonds is 2. The van der Waals surface area contributed by atoms with Crippen molar-refractivity contribution in [3.8, 4) is 17.0 Å². The lowest BCUT2D eigenvalue weighted by Gasteiger charge is -2.16. The third-order valence-corrected chi connectivity index (χ3v) is 3.08. The molecule has 0 aliphatic carbocycles. The number of benzene rings is 1. The summed E-state index contributed by atoms with van der Waals surface area (Å²) in [5.41, 5.74) is 2.25. The Morgan fingerprint density at radius 2 is 2.16 bits per heavy atom. The Hall–Kier alpha value is -2.30. The van der Waals surface area contributed by atoms with Crippen LogP contribution in [0.1, 0.15) is 30.0 Å². The maximum absolute atomic E-state index is 10.8. The molecule has 1 aromatic heterocycles. The number of aromatic nitrogens is 1. The number of aromatic carboxylic acids is 1. The van der Waals surface area contributed by atoms with Crippen molar-refractivity contribution in [2.75, 3.05) is 0 Å². The van der Waals surface area contributed by atoms with Gasteiger partial charge in [0, 0.05) is 18.1 Å². The van der Waals surface area contributed by atoms with Gasteiger partial charge in [0.2, 0.25) is 5.76 Å². The predicted molar refractivity (Wildman–Crippen MR) is 67.3 cm³/mol.